The Morgan fingerprint density at radius 2 is 2.03 bits per heavy atom. The number of likely N-dealkylation sites (tertiary alicyclic amines) is 1. The molecule has 2 aromatic heterocycles. The molecule has 7 nitrogen and oxygen atoms in total. The average Bonchev–Trinajstić information content (AvgIpc) is 3.49. The molecule has 5 rings (SSSR count). The van der Waals surface area contributed by atoms with E-state index in [2.05, 4.69) is 58.3 Å². The van der Waals surface area contributed by atoms with Gasteiger partial charge in [-0.1, -0.05) is 37.3 Å². The minimum absolute atomic E-state index is 0.0467. The molecule has 4 aromatic rings. The molecule has 3 heterocycles. The summed E-state index contributed by atoms with van der Waals surface area (Å²) in [5.74, 6) is -0.0467. The summed E-state index contributed by atoms with van der Waals surface area (Å²) in [6, 6.07) is 16.3. The second-order valence-corrected chi connectivity index (χ2v) is 9.13. The number of fused-ring (bicyclic) bond motifs is 1. The Labute approximate surface area is 199 Å². The van der Waals surface area contributed by atoms with Gasteiger partial charge in [0.25, 0.3) is 5.91 Å². The third kappa shape index (κ3) is 3.92. The Bertz CT molecular complexity index is 1360. The summed E-state index contributed by atoms with van der Waals surface area (Å²) in [6.45, 7) is 4.03. The maximum absolute atomic E-state index is 13.3. The number of nitrogens with one attached hydrogen (secondary N) is 1. The van der Waals surface area contributed by atoms with E-state index in [9.17, 15) is 4.79 Å². The summed E-state index contributed by atoms with van der Waals surface area (Å²) in [7, 11) is 3.95. The number of nitrogens with two attached hydrogens (primary N) is 1. The molecule has 0 aliphatic carbocycles. The zero-order valence-corrected chi connectivity index (χ0v) is 19.9. The van der Waals surface area contributed by atoms with E-state index < -0.39 is 0 Å². The minimum Gasteiger partial charge on any atom is -0.398 e. The Morgan fingerprint density at radius 3 is 2.79 bits per heavy atom. The number of aryl methyl sites for hydroxylation is 1. The molecular weight excluding hydrogens is 424 g/mol. The summed E-state index contributed by atoms with van der Waals surface area (Å²) in [5.41, 5.74) is 13.1. The summed E-state index contributed by atoms with van der Waals surface area (Å²) < 4.78 is 0. The van der Waals surface area contributed by atoms with Gasteiger partial charge in [0, 0.05) is 48.0 Å². The van der Waals surface area contributed by atoms with E-state index in [0.29, 0.717) is 16.9 Å². The fourth-order valence-electron chi connectivity index (χ4n) is 4.84. The number of amides is 1. The van der Waals surface area contributed by atoms with Crippen LogP contribution in [0.1, 0.15) is 29.3 Å². The number of nitrogens with zero attached hydrogens (tertiary/aromatic N) is 4. The van der Waals surface area contributed by atoms with Gasteiger partial charge in [-0.2, -0.15) is 5.10 Å². The number of pyridine rings is 1. The predicted octanol–water partition coefficient (Wildman–Crippen LogP) is 4.21. The van der Waals surface area contributed by atoms with Crippen LogP contribution < -0.4 is 5.73 Å². The van der Waals surface area contributed by atoms with Crippen LogP contribution in [0.25, 0.3) is 33.4 Å². The van der Waals surface area contributed by atoms with E-state index >= 15 is 0 Å². The molecule has 0 radical (unpaired) electrons. The third-order valence-electron chi connectivity index (χ3n) is 6.93. The fraction of sp³-hybridized carbons (Fsp3) is 0.296. The average molecular weight is 455 g/mol. The van der Waals surface area contributed by atoms with E-state index in [1.807, 2.05) is 36.2 Å². The fourth-order valence-corrected chi connectivity index (χ4v) is 4.84. The lowest BCUT2D eigenvalue weighted by Crippen LogP contribution is -2.38. The second-order valence-electron chi connectivity index (χ2n) is 9.13. The number of aromatic amines is 1. The van der Waals surface area contributed by atoms with Gasteiger partial charge >= 0.3 is 0 Å². The van der Waals surface area contributed by atoms with Gasteiger partial charge < -0.3 is 15.5 Å². The van der Waals surface area contributed by atoms with Crippen LogP contribution in [0.3, 0.4) is 0 Å². The van der Waals surface area contributed by atoms with Gasteiger partial charge in [-0.25, -0.2) is 4.98 Å². The number of nitrogen functional groups attached to an aromatic ring is 1. The molecular formula is C27H30N6O. The van der Waals surface area contributed by atoms with E-state index in [1.54, 1.807) is 6.20 Å². The van der Waals surface area contributed by atoms with Crippen LogP contribution in [0.15, 0.2) is 54.7 Å². The molecule has 1 atom stereocenters. The van der Waals surface area contributed by atoms with E-state index in [0.717, 1.165) is 53.7 Å². The molecule has 7 heteroatoms. The minimum atomic E-state index is -0.0467. The Hall–Kier alpha value is -3.71. The van der Waals surface area contributed by atoms with Crippen LogP contribution in [-0.4, -0.2) is 64.1 Å². The number of H-pyrrole nitrogens is 1. The van der Waals surface area contributed by atoms with Crippen molar-refractivity contribution in [2.24, 2.45) is 0 Å². The largest absolute Gasteiger partial charge is 0.398 e. The highest BCUT2D eigenvalue weighted by atomic mass is 16.2. The summed E-state index contributed by atoms with van der Waals surface area (Å²) in [4.78, 5) is 22.0. The lowest BCUT2D eigenvalue weighted by Gasteiger charge is -2.25. The van der Waals surface area contributed by atoms with E-state index in [1.165, 1.54) is 5.56 Å². The molecule has 0 bridgehead atoms. The molecule has 1 amide bonds. The number of carbonyl (C=O) groups excluding carboxylic acids is 1. The normalized spacial score (nSPS) is 16.3. The van der Waals surface area contributed by atoms with Gasteiger partial charge in [0.15, 0.2) is 5.65 Å². The number of anilines is 1. The molecule has 34 heavy (non-hydrogen) atoms. The first-order chi connectivity index (χ1) is 16.5. The molecule has 1 aliphatic heterocycles. The molecule has 1 fully saturated rings. The molecule has 3 N–H and O–H groups in total. The van der Waals surface area contributed by atoms with E-state index in [-0.39, 0.29) is 11.9 Å². The van der Waals surface area contributed by atoms with Crippen molar-refractivity contribution >= 4 is 22.6 Å². The molecule has 0 saturated carbocycles. The standard InChI is InChI=1S/C27H30N6O/c1-4-17-7-5-6-8-21(17)25-23-14-19(15-29-26(23)31-30-25)18-9-10-24(28)22(13-18)27(34)33(3)20-11-12-32(2)16-20/h5-10,13-15,20H,4,11-12,16,28H2,1-3H3,(H,29,30,31). The van der Waals surface area contributed by atoms with Crippen LogP contribution >= 0.6 is 0 Å². The summed E-state index contributed by atoms with van der Waals surface area (Å²) in [6.07, 6.45) is 3.70. The van der Waals surface area contributed by atoms with Gasteiger partial charge in [0.05, 0.1) is 11.3 Å². The number of hydrogen-bond acceptors (Lipinski definition) is 5. The van der Waals surface area contributed by atoms with Gasteiger partial charge in [0.1, 0.15) is 0 Å². The van der Waals surface area contributed by atoms with Gasteiger partial charge in [-0.15, -0.1) is 0 Å². The van der Waals surface area contributed by atoms with Crippen molar-refractivity contribution in [3.63, 3.8) is 0 Å². The Kier molecular flexibility index (Phi) is 5.79. The first-order valence-electron chi connectivity index (χ1n) is 11.7. The number of hydrogen-bond donors (Lipinski definition) is 2. The van der Waals surface area contributed by atoms with Crippen molar-refractivity contribution < 1.29 is 4.79 Å². The van der Waals surface area contributed by atoms with Gasteiger partial charge in [-0.05, 0) is 55.8 Å². The number of rotatable bonds is 5. The van der Waals surface area contributed by atoms with Crippen molar-refractivity contribution in [2.45, 2.75) is 25.8 Å². The van der Waals surface area contributed by atoms with Gasteiger partial charge in [-0.3, -0.25) is 9.89 Å². The van der Waals surface area contributed by atoms with Crippen LogP contribution in [0.2, 0.25) is 0 Å². The third-order valence-corrected chi connectivity index (χ3v) is 6.93. The number of likely N-dealkylation sites (N-methyl/N-ethyl adjacent to an activating group) is 2. The quantitative estimate of drug-likeness (QED) is 0.441. The maximum Gasteiger partial charge on any atom is 0.256 e. The van der Waals surface area contributed by atoms with Crippen molar-refractivity contribution in [1.82, 2.24) is 25.0 Å². The predicted molar refractivity (Wildman–Crippen MR) is 137 cm³/mol. The topological polar surface area (TPSA) is 91.1 Å². The molecule has 1 saturated heterocycles. The van der Waals surface area contributed by atoms with Crippen molar-refractivity contribution in [2.75, 3.05) is 32.9 Å². The van der Waals surface area contributed by atoms with Crippen LogP contribution in [0, 0.1) is 0 Å². The Morgan fingerprint density at radius 1 is 1.21 bits per heavy atom. The maximum atomic E-state index is 13.3. The zero-order chi connectivity index (χ0) is 23.8. The summed E-state index contributed by atoms with van der Waals surface area (Å²) in [5, 5.41) is 8.55. The highest BCUT2D eigenvalue weighted by Gasteiger charge is 2.28. The van der Waals surface area contributed by atoms with Crippen LogP contribution in [0.4, 0.5) is 5.69 Å². The molecule has 2 aromatic carbocycles. The lowest BCUT2D eigenvalue weighted by molar-refractivity contribution is 0.0738. The van der Waals surface area contributed by atoms with Gasteiger partial charge in [0.2, 0.25) is 0 Å². The lowest BCUT2D eigenvalue weighted by atomic mass is 9.98. The monoisotopic (exact) mass is 454 g/mol. The molecule has 0 spiro atoms. The molecule has 174 valence electrons. The first kappa shape index (κ1) is 22.1. The zero-order valence-electron chi connectivity index (χ0n) is 19.9. The molecule has 1 unspecified atom stereocenters. The van der Waals surface area contributed by atoms with Crippen molar-refractivity contribution in [1.29, 1.82) is 0 Å². The SMILES string of the molecule is CCc1ccccc1-c1[nH]nc2ncc(-c3ccc(N)c(C(=O)N(C)C4CCN(C)C4)c3)cc12. The number of aromatic nitrogens is 3. The molecule has 1 aliphatic rings. The Balaban J connectivity index is 1.52. The van der Waals surface area contributed by atoms with Crippen molar-refractivity contribution in [3.05, 3.63) is 65.9 Å². The highest BCUT2D eigenvalue weighted by Crippen LogP contribution is 2.32. The second kappa shape index (κ2) is 8.91. The van der Waals surface area contributed by atoms with Crippen LogP contribution in [0.5, 0.6) is 0 Å². The number of carbonyl (C=O) groups is 1. The smallest absolute Gasteiger partial charge is 0.256 e. The number of benzene rings is 2. The summed E-state index contributed by atoms with van der Waals surface area (Å²) >= 11 is 0. The van der Waals surface area contributed by atoms with Crippen LogP contribution in [-0.2, 0) is 6.42 Å². The van der Waals surface area contributed by atoms with Crippen molar-refractivity contribution in [3.8, 4) is 22.4 Å². The first-order valence-corrected chi connectivity index (χ1v) is 11.7. The van der Waals surface area contributed by atoms with E-state index in [4.69, 9.17) is 5.73 Å². The highest BCUT2D eigenvalue weighted by molar-refractivity contribution is 6.01.